The molecule has 0 spiro atoms. The van der Waals surface area contributed by atoms with Gasteiger partial charge in [-0.3, -0.25) is 9.20 Å². The molecule has 0 bridgehead atoms. The van der Waals surface area contributed by atoms with Crippen molar-refractivity contribution in [2.45, 2.75) is 32.4 Å². The van der Waals surface area contributed by atoms with Gasteiger partial charge < -0.3 is 9.88 Å². The first kappa shape index (κ1) is 19.5. The zero-order valence-corrected chi connectivity index (χ0v) is 17.7. The number of benzene rings is 1. The second-order valence-corrected chi connectivity index (χ2v) is 8.34. The summed E-state index contributed by atoms with van der Waals surface area (Å²) in [6.45, 7) is 4.28. The highest BCUT2D eigenvalue weighted by Gasteiger charge is 2.22. The molecule has 0 unspecified atom stereocenters. The largest absolute Gasteiger partial charge is 0.345 e. The van der Waals surface area contributed by atoms with E-state index < -0.39 is 0 Å². The third-order valence-electron chi connectivity index (χ3n) is 5.13. The SMILES string of the molecule is CSCC[C@@H](NC(=O)c1cccc2c1ccn2C(C)C)c1nnc2ccccn12. The van der Waals surface area contributed by atoms with Crippen molar-refractivity contribution in [2.75, 3.05) is 12.0 Å². The maximum Gasteiger partial charge on any atom is 0.252 e. The van der Waals surface area contributed by atoms with Gasteiger partial charge >= 0.3 is 0 Å². The van der Waals surface area contributed by atoms with Crippen molar-refractivity contribution in [1.82, 2.24) is 24.5 Å². The summed E-state index contributed by atoms with van der Waals surface area (Å²) in [5.41, 5.74) is 2.54. The van der Waals surface area contributed by atoms with Gasteiger partial charge in [0.1, 0.15) is 0 Å². The van der Waals surface area contributed by atoms with Gasteiger partial charge in [0.25, 0.3) is 5.91 Å². The summed E-state index contributed by atoms with van der Waals surface area (Å²) >= 11 is 1.75. The first-order valence-corrected chi connectivity index (χ1v) is 11.2. The van der Waals surface area contributed by atoms with Gasteiger partial charge in [0.15, 0.2) is 11.5 Å². The molecular formula is C22H25N5OS. The quantitative estimate of drug-likeness (QED) is 0.490. The lowest BCUT2D eigenvalue weighted by molar-refractivity contribution is 0.0935. The first-order chi connectivity index (χ1) is 14.1. The van der Waals surface area contributed by atoms with Crippen LogP contribution in [-0.2, 0) is 0 Å². The number of rotatable bonds is 7. The van der Waals surface area contributed by atoms with Crippen LogP contribution in [0.15, 0.2) is 54.9 Å². The molecular weight excluding hydrogens is 382 g/mol. The van der Waals surface area contributed by atoms with Crippen molar-refractivity contribution >= 4 is 34.2 Å². The second kappa shape index (κ2) is 8.29. The molecule has 1 atom stereocenters. The normalized spacial score (nSPS) is 12.7. The molecule has 4 rings (SSSR count). The second-order valence-electron chi connectivity index (χ2n) is 7.35. The van der Waals surface area contributed by atoms with E-state index in [1.165, 1.54) is 0 Å². The Labute approximate surface area is 174 Å². The van der Waals surface area contributed by atoms with Gasteiger partial charge in [-0.25, -0.2) is 0 Å². The zero-order valence-electron chi connectivity index (χ0n) is 16.9. The highest BCUT2D eigenvalue weighted by Crippen LogP contribution is 2.25. The highest BCUT2D eigenvalue weighted by atomic mass is 32.2. The number of fused-ring (bicyclic) bond motifs is 2. The predicted octanol–water partition coefficient (Wildman–Crippen LogP) is 4.49. The van der Waals surface area contributed by atoms with Gasteiger partial charge in [0.2, 0.25) is 0 Å². The van der Waals surface area contributed by atoms with E-state index in [1.54, 1.807) is 11.8 Å². The van der Waals surface area contributed by atoms with Crippen molar-refractivity contribution in [1.29, 1.82) is 0 Å². The van der Waals surface area contributed by atoms with Gasteiger partial charge in [-0.2, -0.15) is 11.8 Å². The summed E-state index contributed by atoms with van der Waals surface area (Å²) in [7, 11) is 0. The number of hydrogen-bond acceptors (Lipinski definition) is 4. The molecule has 0 aliphatic carbocycles. The molecule has 4 aromatic rings. The molecule has 29 heavy (non-hydrogen) atoms. The maximum atomic E-state index is 13.3. The fourth-order valence-corrected chi connectivity index (χ4v) is 4.14. The average molecular weight is 408 g/mol. The van der Waals surface area contributed by atoms with Crippen LogP contribution in [0.3, 0.4) is 0 Å². The minimum absolute atomic E-state index is 0.0871. The summed E-state index contributed by atoms with van der Waals surface area (Å²) in [5.74, 6) is 1.59. The Balaban J connectivity index is 1.68. The van der Waals surface area contributed by atoms with Crippen molar-refractivity contribution in [3.63, 3.8) is 0 Å². The van der Waals surface area contributed by atoms with Crippen LogP contribution < -0.4 is 5.32 Å². The Morgan fingerprint density at radius 2 is 1.97 bits per heavy atom. The lowest BCUT2D eigenvalue weighted by Gasteiger charge is -2.17. The fourth-order valence-electron chi connectivity index (χ4n) is 3.67. The lowest BCUT2D eigenvalue weighted by Crippen LogP contribution is -2.30. The van der Waals surface area contributed by atoms with E-state index in [0.29, 0.717) is 11.6 Å². The number of nitrogens with zero attached hydrogens (tertiary/aromatic N) is 4. The summed E-state index contributed by atoms with van der Waals surface area (Å²) in [6, 6.07) is 13.8. The van der Waals surface area contributed by atoms with Gasteiger partial charge in [-0.1, -0.05) is 12.1 Å². The molecule has 150 valence electrons. The van der Waals surface area contributed by atoms with Crippen molar-refractivity contribution in [2.24, 2.45) is 0 Å². The van der Waals surface area contributed by atoms with Crippen LogP contribution >= 0.6 is 11.8 Å². The minimum atomic E-state index is -0.213. The number of hydrogen-bond donors (Lipinski definition) is 1. The number of nitrogens with one attached hydrogen (secondary N) is 1. The lowest BCUT2D eigenvalue weighted by atomic mass is 10.1. The molecule has 1 N–H and O–H groups in total. The summed E-state index contributed by atoms with van der Waals surface area (Å²) in [4.78, 5) is 13.3. The molecule has 0 saturated heterocycles. The molecule has 7 heteroatoms. The topological polar surface area (TPSA) is 64.2 Å². The molecule has 0 radical (unpaired) electrons. The van der Waals surface area contributed by atoms with Crippen LogP contribution in [0, 0.1) is 0 Å². The number of amides is 1. The van der Waals surface area contributed by atoms with E-state index in [9.17, 15) is 4.79 Å². The van der Waals surface area contributed by atoms with E-state index in [-0.39, 0.29) is 11.9 Å². The average Bonchev–Trinajstić information content (AvgIpc) is 3.35. The molecule has 6 nitrogen and oxygen atoms in total. The minimum Gasteiger partial charge on any atom is -0.345 e. The van der Waals surface area contributed by atoms with Crippen LogP contribution in [0.2, 0.25) is 0 Å². The smallest absolute Gasteiger partial charge is 0.252 e. The number of thioether (sulfide) groups is 1. The summed E-state index contributed by atoms with van der Waals surface area (Å²) in [5, 5.41) is 12.8. The van der Waals surface area contributed by atoms with E-state index in [2.05, 4.69) is 46.3 Å². The van der Waals surface area contributed by atoms with Crippen LogP contribution in [0.1, 0.15) is 48.5 Å². The van der Waals surface area contributed by atoms with Crippen LogP contribution in [0.25, 0.3) is 16.6 Å². The molecule has 1 aromatic carbocycles. The summed E-state index contributed by atoms with van der Waals surface area (Å²) in [6.07, 6.45) is 6.83. The van der Waals surface area contributed by atoms with Crippen LogP contribution in [-0.4, -0.2) is 37.1 Å². The number of aromatic nitrogens is 4. The Morgan fingerprint density at radius 3 is 2.76 bits per heavy atom. The van der Waals surface area contributed by atoms with Gasteiger partial charge in [0.05, 0.1) is 6.04 Å². The van der Waals surface area contributed by atoms with E-state index >= 15 is 0 Å². The van der Waals surface area contributed by atoms with Gasteiger partial charge in [-0.15, -0.1) is 10.2 Å². The number of carbonyl (C=O) groups is 1. The first-order valence-electron chi connectivity index (χ1n) is 9.79. The van der Waals surface area contributed by atoms with Gasteiger partial charge in [-0.05, 0) is 62.6 Å². The monoisotopic (exact) mass is 407 g/mol. The van der Waals surface area contributed by atoms with Crippen molar-refractivity contribution < 1.29 is 4.79 Å². The standard InChI is InChI=1S/C22H25N5OS/c1-15(2)26-13-10-16-17(7-6-8-19(16)26)22(28)23-18(11-14-29-3)21-25-24-20-9-4-5-12-27(20)21/h4-10,12-13,15,18H,11,14H2,1-3H3,(H,23,28)/t18-/m1/s1. The van der Waals surface area contributed by atoms with E-state index in [1.807, 2.05) is 53.2 Å². The maximum absolute atomic E-state index is 13.3. The molecule has 0 saturated carbocycles. The van der Waals surface area contributed by atoms with Crippen molar-refractivity contribution in [3.8, 4) is 0 Å². The van der Waals surface area contributed by atoms with Gasteiger partial charge in [0, 0.05) is 34.9 Å². The van der Waals surface area contributed by atoms with E-state index in [4.69, 9.17) is 0 Å². The van der Waals surface area contributed by atoms with Crippen LogP contribution in [0.5, 0.6) is 0 Å². The molecule has 3 aromatic heterocycles. The molecule has 3 heterocycles. The Morgan fingerprint density at radius 1 is 1.10 bits per heavy atom. The zero-order chi connectivity index (χ0) is 20.4. The molecule has 1 amide bonds. The van der Waals surface area contributed by atoms with E-state index in [0.717, 1.165) is 34.5 Å². The molecule has 0 aliphatic heterocycles. The Bertz CT molecular complexity index is 1150. The Hall–Kier alpha value is -2.80. The number of carbonyl (C=O) groups excluding carboxylic acids is 1. The molecule has 0 fully saturated rings. The third-order valence-corrected chi connectivity index (χ3v) is 5.78. The van der Waals surface area contributed by atoms with Crippen LogP contribution in [0.4, 0.5) is 0 Å². The molecule has 0 aliphatic rings. The Kier molecular flexibility index (Phi) is 5.58. The van der Waals surface area contributed by atoms with Crippen molar-refractivity contribution in [3.05, 3.63) is 66.2 Å². The highest BCUT2D eigenvalue weighted by molar-refractivity contribution is 7.98. The predicted molar refractivity (Wildman–Crippen MR) is 119 cm³/mol. The number of pyridine rings is 1. The fraction of sp³-hybridized carbons (Fsp3) is 0.318. The summed E-state index contributed by atoms with van der Waals surface area (Å²) < 4.78 is 4.13. The third kappa shape index (κ3) is 3.74.